The second-order valence-electron chi connectivity index (χ2n) is 1.59. The summed E-state index contributed by atoms with van der Waals surface area (Å²) in [6, 6.07) is 0. The van der Waals surface area contributed by atoms with E-state index in [2.05, 4.69) is 4.94 Å². The third-order valence-electron chi connectivity index (χ3n) is 0.977. The minimum Gasteiger partial charge on any atom is -0.593 e. The van der Waals surface area contributed by atoms with E-state index in [0.29, 0.717) is 6.29 Å². The van der Waals surface area contributed by atoms with E-state index in [4.69, 9.17) is 0 Å². The summed E-state index contributed by atoms with van der Waals surface area (Å²) in [5, 5.41) is 10.9. The number of nitrogens with one attached hydrogen (secondary N) is 1. The van der Waals surface area contributed by atoms with E-state index < -0.39 is 5.23 Å². The van der Waals surface area contributed by atoms with Crippen molar-refractivity contribution < 1.29 is 15.0 Å². The highest BCUT2D eigenvalue weighted by Crippen LogP contribution is 1.96. The molecule has 5 nitrogen and oxygen atoms in total. The van der Waals surface area contributed by atoms with Gasteiger partial charge in [-0.15, -0.1) is 0 Å². The van der Waals surface area contributed by atoms with Crippen LogP contribution >= 0.6 is 0 Å². The molecule has 0 aromatic heterocycles. The van der Waals surface area contributed by atoms with Crippen LogP contribution in [-0.4, -0.2) is 18.4 Å². The Bertz CT molecular complexity index is 156. The number of carbonyl (C=O) groups excluding carboxylic acids is 1. The van der Waals surface area contributed by atoms with Gasteiger partial charge in [-0.1, -0.05) is 4.94 Å². The highest BCUT2D eigenvalue weighted by molar-refractivity contribution is 5.71. The zero-order valence-corrected chi connectivity index (χ0v) is 4.83. The molecule has 0 aliphatic carbocycles. The Kier molecular flexibility index (Phi) is 1.48. The van der Waals surface area contributed by atoms with E-state index in [1.54, 1.807) is 0 Å². The maximum Gasteiger partial charge on any atom is 0.174 e. The molecule has 1 aliphatic heterocycles. The van der Waals surface area contributed by atoms with Crippen molar-refractivity contribution in [2.75, 3.05) is 7.05 Å². The van der Waals surface area contributed by atoms with Crippen molar-refractivity contribution in [1.82, 2.24) is 5.06 Å². The van der Waals surface area contributed by atoms with Crippen LogP contribution in [0.1, 0.15) is 0 Å². The summed E-state index contributed by atoms with van der Waals surface area (Å²) in [7, 11) is 1.49. The van der Waals surface area contributed by atoms with Gasteiger partial charge in [0.2, 0.25) is 0 Å². The molecule has 0 saturated heterocycles. The Morgan fingerprint density at radius 3 is 2.89 bits per heavy atom. The van der Waals surface area contributed by atoms with Crippen LogP contribution in [0.5, 0.6) is 0 Å². The van der Waals surface area contributed by atoms with Crippen molar-refractivity contribution in [1.29, 1.82) is 0 Å². The van der Waals surface area contributed by atoms with Crippen molar-refractivity contribution in [3.63, 3.8) is 0 Å². The SMILES string of the molecule is CN1O[NH+]([O-])C=C1C=O. The standard InChI is InChI=1S/C4H6N2O3/c1-5-4(3-7)2-6(8)9-5/h2-3,6H,1H3. The molecule has 0 aromatic carbocycles. The number of nitrogens with zero attached hydrogens (tertiary/aromatic N) is 1. The van der Waals surface area contributed by atoms with E-state index in [-0.39, 0.29) is 5.70 Å². The Labute approximate surface area is 51.6 Å². The molecule has 1 atom stereocenters. The van der Waals surface area contributed by atoms with Crippen molar-refractivity contribution in [2.24, 2.45) is 0 Å². The maximum atomic E-state index is 10.3. The molecule has 0 saturated carbocycles. The van der Waals surface area contributed by atoms with Crippen LogP contribution < -0.4 is 5.23 Å². The molecule has 0 amide bonds. The van der Waals surface area contributed by atoms with Crippen LogP contribution in [0.25, 0.3) is 0 Å². The van der Waals surface area contributed by atoms with Gasteiger partial charge in [-0.05, 0) is 0 Å². The minimum absolute atomic E-state index is 0.250. The quantitative estimate of drug-likeness (QED) is 0.336. The second kappa shape index (κ2) is 2.14. The van der Waals surface area contributed by atoms with Gasteiger partial charge in [0.05, 0.1) is 0 Å². The molecule has 5 heteroatoms. The first-order valence-electron chi connectivity index (χ1n) is 2.36. The van der Waals surface area contributed by atoms with Gasteiger partial charge in [-0.2, -0.15) is 10.3 Å². The molecule has 1 rings (SSSR count). The summed E-state index contributed by atoms with van der Waals surface area (Å²) < 4.78 is 0. The van der Waals surface area contributed by atoms with Crippen LogP contribution in [0.2, 0.25) is 0 Å². The molecular weight excluding hydrogens is 124 g/mol. The van der Waals surface area contributed by atoms with Crippen molar-refractivity contribution >= 4 is 6.29 Å². The number of likely N-dealkylation sites (N-methyl/N-ethyl adjacent to an activating group) is 1. The first-order valence-corrected chi connectivity index (χ1v) is 2.36. The molecule has 1 N–H and O–H groups in total. The van der Waals surface area contributed by atoms with E-state index >= 15 is 0 Å². The summed E-state index contributed by atoms with van der Waals surface area (Å²) in [5.41, 5.74) is 0.250. The van der Waals surface area contributed by atoms with Gasteiger partial charge in [0.15, 0.2) is 18.2 Å². The Morgan fingerprint density at radius 2 is 2.67 bits per heavy atom. The van der Waals surface area contributed by atoms with Gasteiger partial charge < -0.3 is 5.21 Å². The summed E-state index contributed by atoms with van der Waals surface area (Å²) in [6.07, 6.45) is 1.69. The van der Waals surface area contributed by atoms with Gasteiger partial charge >= 0.3 is 0 Å². The highest BCUT2D eigenvalue weighted by Gasteiger charge is 2.17. The molecule has 1 unspecified atom stereocenters. The lowest BCUT2D eigenvalue weighted by atomic mass is 10.5. The number of hydrogen-bond acceptors (Lipinski definition) is 4. The lowest BCUT2D eigenvalue weighted by Gasteiger charge is -2.10. The molecular formula is C4H6N2O3. The number of rotatable bonds is 1. The first-order chi connectivity index (χ1) is 4.24. The monoisotopic (exact) mass is 130 g/mol. The highest BCUT2D eigenvalue weighted by atomic mass is 17.0. The van der Waals surface area contributed by atoms with E-state index in [0.717, 1.165) is 11.3 Å². The summed E-state index contributed by atoms with van der Waals surface area (Å²) in [6.45, 7) is 0. The molecule has 0 aromatic rings. The van der Waals surface area contributed by atoms with Crippen LogP contribution in [0.4, 0.5) is 0 Å². The zero-order valence-electron chi connectivity index (χ0n) is 4.83. The Morgan fingerprint density at radius 1 is 2.00 bits per heavy atom. The fraction of sp³-hybridized carbons (Fsp3) is 0.250. The van der Waals surface area contributed by atoms with Gasteiger partial charge in [-0.25, -0.2) is 0 Å². The summed E-state index contributed by atoms with van der Waals surface area (Å²) >= 11 is 0. The molecule has 0 radical (unpaired) electrons. The topological polar surface area (TPSA) is 57.0 Å². The maximum absolute atomic E-state index is 10.3. The molecule has 0 fully saturated rings. The molecule has 0 spiro atoms. The van der Waals surface area contributed by atoms with E-state index in [1.807, 2.05) is 0 Å². The zero-order chi connectivity index (χ0) is 6.85. The van der Waals surface area contributed by atoms with Gasteiger partial charge in [-0.3, -0.25) is 4.79 Å². The average molecular weight is 130 g/mol. The average Bonchev–Trinajstić information content (AvgIpc) is 2.10. The van der Waals surface area contributed by atoms with E-state index in [9.17, 15) is 10.0 Å². The third-order valence-corrected chi connectivity index (χ3v) is 0.977. The lowest BCUT2D eigenvalue weighted by molar-refractivity contribution is -1.03. The fourth-order valence-electron chi connectivity index (χ4n) is 0.534. The third kappa shape index (κ3) is 1.07. The van der Waals surface area contributed by atoms with Crippen molar-refractivity contribution in [3.05, 3.63) is 17.1 Å². The van der Waals surface area contributed by atoms with E-state index in [1.165, 1.54) is 7.05 Å². The second-order valence-corrected chi connectivity index (χ2v) is 1.59. The fourth-order valence-corrected chi connectivity index (χ4v) is 0.534. The Balaban J connectivity index is 2.68. The number of hydroxylamine groups is 4. The van der Waals surface area contributed by atoms with Gasteiger partial charge in [0.1, 0.15) is 0 Å². The van der Waals surface area contributed by atoms with Crippen LogP contribution in [0.15, 0.2) is 11.9 Å². The summed E-state index contributed by atoms with van der Waals surface area (Å²) in [4.78, 5) is 14.5. The van der Waals surface area contributed by atoms with Crippen LogP contribution in [0, 0.1) is 5.21 Å². The normalized spacial score (nSPS) is 26.2. The number of aldehydes is 1. The predicted molar refractivity (Wildman–Crippen MR) is 27.3 cm³/mol. The number of carbonyl (C=O) groups is 1. The summed E-state index contributed by atoms with van der Waals surface area (Å²) in [5.74, 6) is 0. The van der Waals surface area contributed by atoms with Gasteiger partial charge in [0, 0.05) is 7.05 Å². The van der Waals surface area contributed by atoms with Crippen LogP contribution in [-0.2, 0) is 9.73 Å². The largest absolute Gasteiger partial charge is 0.593 e. The predicted octanol–water partition coefficient (Wildman–Crippen LogP) is -1.80. The molecule has 1 aliphatic rings. The molecule has 0 bridgehead atoms. The smallest absolute Gasteiger partial charge is 0.174 e. The molecule has 9 heavy (non-hydrogen) atoms. The first kappa shape index (κ1) is 6.21. The lowest BCUT2D eigenvalue weighted by Crippen LogP contribution is -3.00. The van der Waals surface area contributed by atoms with Crippen molar-refractivity contribution in [2.45, 2.75) is 0 Å². The number of hydrogen-bond donors (Lipinski definition) is 1. The Hall–Kier alpha value is -0.910. The molecule has 1 heterocycles. The number of allylic oxidation sites excluding steroid dienone is 1. The van der Waals surface area contributed by atoms with Gasteiger partial charge in [0.25, 0.3) is 0 Å². The van der Waals surface area contributed by atoms with Crippen LogP contribution in [0.3, 0.4) is 0 Å². The number of quaternary nitrogens is 1. The minimum atomic E-state index is -0.500. The molecule has 50 valence electrons. The van der Waals surface area contributed by atoms with Crippen molar-refractivity contribution in [3.8, 4) is 0 Å².